The van der Waals surface area contributed by atoms with Crippen molar-refractivity contribution in [3.8, 4) is 0 Å². The first-order valence-electron chi connectivity index (χ1n) is 5.24. The Hall–Kier alpha value is -1.48. The van der Waals surface area contributed by atoms with Crippen LogP contribution < -0.4 is 0 Å². The molecule has 0 saturated heterocycles. The Bertz CT molecular complexity index is 476. The highest BCUT2D eigenvalue weighted by molar-refractivity contribution is 7.09. The number of hydrogen-bond acceptors (Lipinski definition) is 3. The van der Waals surface area contributed by atoms with Gasteiger partial charge in [-0.05, 0) is 12.5 Å². The summed E-state index contributed by atoms with van der Waals surface area (Å²) >= 11 is 1.60. The van der Waals surface area contributed by atoms with E-state index in [2.05, 4.69) is 4.98 Å². The molecule has 1 heterocycles. The average Bonchev–Trinajstić information content (AvgIpc) is 2.79. The van der Waals surface area contributed by atoms with Crippen LogP contribution in [0.3, 0.4) is 0 Å². The standard InChI is InChI=1S/C13H13NOS/c1-10-4-2-3-5-11(10)12(15)6-7-13-14-8-9-16-13/h2-5,8-9H,6-7H2,1H3. The number of Topliss-reactive ketones (excluding diaryl/α,β-unsaturated/α-hetero) is 1. The molecule has 0 spiro atoms. The predicted octanol–water partition coefficient (Wildman–Crippen LogP) is 3.27. The minimum atomic E-state index is 0.202. The van der Waals surface area contributed by atoms with Crippen LogP contribution in [0.5, 0.6) is 0 Å². The van der Waals surface area contributed by atoms with Crippen LogP contribution >= 0.6 is 11.3 Å². The van der Waals surface area contributed by atoms with Gasteiger partial charge in [-0.25, -0.2) is 4.98 Å². The number of rotatable bonds is 4. The van der Waals surface area contributed by atoms with Gasteiger partial charge in [0.1, 0.15) is 0 Å². The number of ketones is 1. The number of thiazole rings is 1. The number of aryl methyl sites for hydroxylation is 2. The van der Waals surface area contributed by atoms with Crippen LogP contribution in [-0.4, -0.2) is 10.8 Å². The van der Waals surface area contributed by atoms with E-state index in [4.69, 9.17) is 0 Å². The molecule has 0 bridgehead atoms. The fraction of sp³-hybridized carbons (Fsp3) is 0.231. The van der Waals surface area contributed by atoms with Gasteiger partial charge in [-0.15, -0.1) is 11.3 Å². The van der Waals surface area contributed by atoms with Gasteiger partial charge < -0.3 is 0 Å². The summed E-state index contributed by atoms with van der Waals surface area (Å²) in [7, 11) is 0. The second kappa shape index (κ2) is 5.03. The molecule has 0 saturated carbocycles. The van der Waals surface area contributed by atoms with Gasteiger partial charge in [0.2, 0.25) is 0 Å². The van der Waals surface area contributed by atoms with Crippen LogP contribution in [-0.2, 0) is 6.42 Å². The molecule has 16 heavy (non-hydrogen) atoms. The summed E-state index contributed by atoms with van der Waals surface area (Å²) < 4.78 is 0. The first kappa shape index (κ1) is 11.0. The summed E-state index contributed by atoms with van der Waals surface area (Å²) in [5.74, 6) is 0.202. The molecule has 0 aliphatic heterocycles. The minimum absolute atomic E-state index is 0.202. The number of benzene rings is 1. The number of nitrogens with zero attached hydrogens (tertiary/aromatic N) is 1. The van der Waals surface area contributed by atoms with Crippen LogP contribution in [0.1, 0.15) is 27.3 Å². The quantitative estimate of drug-likeness (QED) is 0.756. The van der Waals surface area contributed by atoms with Crippen molar-refractivity contribution in [1.29, 1.82) is 0 Å². The molecule has 82 valence electrons. The van der Waals surface area contributed by atoms with Gasteiger partial charge in [-0.2, -0.15) is 0 Å². The maximum Gasteiger partial charge on any atom is 0.163 e. The highest BCUT2D eigenvalue weighted by Gasteiger charge is 2.08. The molecular weight excluding hydrogens is 218 g/mol. The molecule has 0 atom stereocenters. The lowest BCUT2D eigenvalue weighted by molar-refractivity contribution is 0.0982. The molecule has 1 aromatic heterocycles. The van der Waals surface area contributed by atoms with Crippen LogP contribution in [0.4, 0.5) is 0 Å². The summed E-state index contributed by atoms with van der Waals surface area (Å²) in [6.45, 7) is 1.97. The molecule has 0 radical (unpaired) electrons. The maximum absolute atomic E-state index is 11.9. The van der Waals surface area contributed by atoms with E-state index in [1.54, 1.807) is 17.5 Å². The highest BCUT2D eigenvalue weighted by atomic mass is 32.1. The fourth-order valence-electron chi connectivity index (χ4n) is 1.62. The van der Waals surface area contributed by atoms with Crippen molar-refractivity contribution in [3.05, 3.63) is 52.0 Å². The lowest BCUT2D eigenvalue weighted by Crippen LogP contribution is -2.03. The van der Waals surface area contributed by atoms with Crippen molar-refractivity contribution in [2.75, 3.05) is 0 Å². The smallest absolute Gasteiger partial charge is 0.163 e. The summed E-state index contributed by atoms with van der Waals surface area (Å²) in [5.41, 5.74) is 1.88. The van der Waals surface area contributed by atoms with E-state index in [-0.39, 0.29) is 5.78 Å². The summed E-state index contributed by atoms with van der Waals surface area (Å²) in [5, 5.41) is 2.97. The first-order valence-corrected chi connectivity index (χ1v) is 6.12. The Balaban J connectivity index is 2.01. The van der Waals surface area contributed by atoms with E-state index in [1.165, 1.54) is 0 Å². The van der Waals surface area contributed by atoms with Gasteiger partial charge >= 0.3 is 0 Å². The summed E-state index contributed by atoms with van der Waals surface area (Å²) in [4.78, 5) is 16.1. The lowest BCUT2D eigenvalue weighted by Gasteiger charge is -2.03. The average molecular weight is 231 g/mol. The molecule has 0 amide bonds. The molecule has 1 aromatic carbocycles. The first-order chi connectivity index (χ1) is 7.77. The second-order valence-corrected chi connectivity index (χ2v) is 4.64. The van der Waals surface area contributed by atoms with Crippen LogP contribution in [0.15, 0.2) is 35.8 Å². The van der Waals surface area contributed by atoms with Crippen LogP contribution in [0.25, 0.3) is 0 Å². The Kier molecular flexibility index (Phi) is 3.47. The fourth-order valence-corrected chi connectivity index (χ4v) is 2.24. The molecule has 0 aliphatic rings. The topological polar surface area (TPSA) is 30.0 Å². The summed E-state index contributed by atoms with van der Waals surface area (Å²) in [6.07, 6.45) is 3.06. The number of carbonyl (C=O) groups excluding carboxylic acids is 1. The van der Waals surface area contributed by atoms with Crippen molar-refractivity contribution in [3.63, 3.8) is 0 Å². The van der Waals surface area contributed by atoms with E-state index in [9.17, 15) is 4.79 Å². The third-order valence-electron chi connectivity index (χ3n) is 2.49. The number of aromatic nitrogens is 1. The third kappa shape index (κ3) is 2.55. The molecular formula is C13H13NOS. The second-order valence-electron chi connectivity index (χ2n) is 3.66. The molecule has 0 fully saturated rings. The van der Waals surface area contributed by atoms with Gasteiger partial charge in [0.05, 0.1) is 5.01 Å². The van der Waals surface area contributed by atoms with Crippen molar-refractivity contribution in [1.82, 2.24) is 4.98 Å². The van der Waals surface area contributed by atoms with Crippen molar-refractivity contribution >= 4 is 17.1 Å². The van der Waals surface area contributed by atoms with Crippen molar-refractivity contribution < 1.29 is 4.79 Å². The minimum Gasteiger partial charge on any atom is -0.294 e. The van der Waals surface area contributed by atoms with Gasteiger partial charge in [-0.1, -0.05) is 24.3 Å². The number of carbonyl (C=O) groups is 1. The zero-order valence-electron chi connectivity index (χ0n) is 9.14. The molecule has 2 rings (SSSR count). The molecule has 3 heteroatoms. The molecule has 2 aromatic rings. The van der Waals surface area contributed by atoms with Crippen LogP contribution in [0.2, 0.25) is 0 Å². The molecule has 0 N–H and O–H groups in total. The lowest BCUT2D eigenvalue weighted by atomic mass is 10.0. The van der Waals surface area contributed by atoms with Crippen LogP contribution in [0, 0.1) is 6.92 Å². The van der Waals surface area contributed by atoms with Gasteiger partial charge in [-0.3, -0.25) is 4.79 Å². The maximum atomic E-state index is 11.9. The van der Waals surface area contributed by atoms with Gasteiger partial charge in [0.25, 0.3) is 0 Å². The number of hydrogen-bond donors (Lipinski definition) is 0. The monoisotopic (exact) mass is 231 g/mol. The van der Waals surface area contributed by atoms with Gasteiger partial charge in [0.15, 0.2) is 5.78 Å². The Morgan fingerprint density at radius 1 is 1.38 bits per heavy atom. The highest BCUT2D eigenvalue weighted by Crippen LogP contribution is 2.13. The Morgan fingerprint density at radius 2 is 2.19 bits per heavy atom. The Morgan fingerprint density at radius 3 is 2.88 bits per heavy atom. The predicted molar refractivity (Wildman–Crippen MR) is 65.9 cm³/mol. The molecule has 2 nitrogen and oxygen atoms in total. The van der Waals surface area contributed by atoms with E-state index in [1.807, 2.05) is 36.6 Å². The van der Waals surface area contributed by atoms with E-state index >= 15 is 0 Å². The van der Waals surface area contributed by atoms with Crippen molar-refractivity contribution in [2.45, 2.75) is 19.8 Å². The Labute approximate surface area is 99.0 Å². The third-order valence-corrected chi connectivity index (χ3v) is 3.33. The zero-order valence-corrected chi connectivity index (χ0v) is 9.96. The summed E-state index contributed by atoms with van der Waals surface area (Å²) in [6, 6.07) is 7.71. The molecule has 0 unspecified atom stereocenters. The van der Waals surface area contributed by atoms with Crippen molar-refractivity contribution in [2.24, 2.45) is 0 Å². The van der Waals surface area contributed by atoms with Gasteiger partial charge in [0, 0.05) is 30.0 Å². The zero-order chi connectivity index (χ0) is 11.4. The SMILES string of the molecule is Cc1ccccc1C(=O)CCc1nccs1. The van der Waals surface area contributed by atoms with E-state index < -0.39 is 0 Å². The normalized spacial score (nSPS) is 10.3. The van der Waals surface area contributed by atoms with E-state index in [0.29, 0.717) is 6.42 Å². The largest absolute Gasteiger partial charge is 0.294 e. The van der Waals surface area contributed by atoms with E-state index in [0.717, 1.165) is 22.6 Å². The molecule has 0 aliphatic carbocycles.